The Hall–Kier alpha value is -8.96. The maximum absolute atomic E-state index is 2.65. The van der Waals surface area contributed by atoms with Gasteiger partial charge >= 0.3 is 0 Å². The second-order valence-electron chi connectivity index (χ2n) is 18.5. The lowest BCUT2D eigenvalue weighted by Gasteiger charge is -2.34. The molecule has 0 bridgehead atoms. The summed E-state index contributed by atoms with van der Waals surface area (Å²) in [7, 11) is -2.65. The van der Waals surface area contributed by atoms with Gasteiger partial charge < -0.3 is 13.9 Å². The SMILES string of the molecule is c1ccc(-n2c3ccccc3c3cc(N(c4ccc(-c5ccc([Si](c6ccccc6)(c6ccccc6)c6ccccc6)cc5)cc4)c4cc5c6ccccc6n6c7ccccc7c(c4)c56)ccc32)cc1. The molecule has 3 nitrogen and oxygen atoms in total. The molecule has 14 rings (SSSR count). The van der Waals surface area contributed by atoms with Crippen LogP contribution in [0.5, 0.6) is 0 Å². The van der Waals surface area contributed by atoms with E-state index in [9.17, 15) is 0 Å². The minimum atomic E-state index is -2.65. The van der Waals surface area contributed by atoms with Gasteiger partial charge in [-0.15, -0.1) is 0 Å². The van der Waals surface area contributed by atoms with Crippen LogP contribution in [0.2, 0.25) is 0 Å². The van der Waals surface area contributed by atoms with Crippen molar-refractivity contribution in [2.75, 3.05) is 4.90 Å². The smallest absolute Gasteiger partial charge is 0.179 e. The van der Waals surface area contributed by atoms with E-state index in [1.54, 1.807) is 0 Å². The molecule has 0 spiro atoms. The van der Waals surface area contributed by atoms with Crippen molar-refractivity contribution in [2.24, 2.45) is 0 Å². The van der Waals surface area contributed by atoms with Crippen LogP contribution in [0.1, 0.15) is 0 Å². The highest BCUT2D eigenvalue weighted by molar-refractivity contribution is 7.19. The first kappa shape index (κ1) is 40.1. The van der Waals surface area contributed by atoms with Crippen molar-refractivity contribution < 1.29 is 0 Å². The quantitative estimate of drug-likeness (QED) is 0.104. The van der Waals surface area contributed by atoms with Crippen molar-refractivity contribution in [1.29, 1.82) is 0 Å². The van der Waals surface area contributed by atoms with Crippen molar-refractivity contribution in [1.82, 2.24) is 8.97 Å². The summed E-state index contributed by atoms with van der Waals surface area (Å²) in [6, 6.07) is 101. The monoisotopic (exact) mass is 907 g/mol. The summed E-state index contributed by atoms with van der Waals surface area (Å²) in [5.74, 6) is 0. The van der Waals surface area contributed by atoms with E-state index in [1.807, 2.05) is 0 Å². The normalized spacial score (nSPS) is 12.0. The van der Waals surface area contributed by atoms with Crippen molar-refractivity contribution in [3.05, 3.63) is 273 Å². The second-order valence-corrected chi connectivity index (χ2v) is 22.3. The maximum atomic E-state index is 2.46. The zero-order valence-corrected chi connectivity index (χ0v) is 39.3. The molecule has 0 saturated carbocycles. The molecule has 3 heterocycles. The predicted octanol–water partition coefficient (Wildman–Crippen LogP) is 14.4. The number of rotatable bonds is 9. The Morgan fingerprint density at radius 1 is 0.271 bits per heavy atom. The van der Waals surface area contributed by atoms with Crippen LogP contribution in [-0.4, -0.2) is 17.0 Å². The number of nitrogens with zero attached hydrogens (tertiary/aromatic N) is 3. The average Bonchev–Trinajstić information content (AvgIpc) is 4.08. The number of aromatic nitrogens is 2. The van der Waals surface area contributed by atoms with E-state index in [4.69, 9.17) is 0 Å². The molecular weight excluding hydrogens is 863 g/mol. The maximum Gasteiger partial charge on any atom is 0.179 e. The van der Waals surface area contributed by atoms with Gasteiger partial charge in [0.1, 0.15) is 0 Å². The summed E-state index contributed by atoms with van der Waals surface area (Å²) in [6.07, 6.45) is 0. The molecule has 0 saturated heterocycles. The standard InChI is InChI=1S/C66H45N3Si/c1-5-19-48(20-6-1)68-62-30-16-13-27-56(62)59-43-50(39-42-65(59)68)67(51-44-60-57-28-14-17-31-63(57)69-64-32-18-15-29-58(64)61(45-51)66(60)69)49-37-33-46(34-38-49)47-35-40-55(41-36-47)70(52-21-7-2-8-22-52,53-23-9-3-10-24-53)54-25-11-4-12-26-54/h1-45H. The lowest BCUT2D eigenvalue weighted by Crippen LogP contribution is -2.74. The fourth-order valence-corrected chi connectivity index (χ4v) is 16.5. The second kappa shape index (κ2) is 16.1. The first-order valence-electron chi connectivity index (χ1n) is 24.2. The molecule has 0 radical (unpaired) electrons. The molecule has 14 aromatic rings. The third kappa shape index (κ3) is 6.07. The van der Waals surface area contributed by atoms with E-state index < -0.39 is 8.07 Å². The molecule has 0 fully saturated rings. The zero-order valence-electron chi connectivity index (χ0n) is 38.3. The summed E-state index contributed by atoms with van der Waals surface area (Å²) < 4.78 is 4.85. The Kier molecular flexibility index (Phi) is 9.23. The van der Waals surface area contributed by atoms with Gasteiger partial charge in [-0.2, -0.15) is 0 Å². The van der Waals surface area contributed by atoms with Crippen LogP contribution in [0.4, 0.5) is 17.1 Å². The van der Waals surface area contributed by atoms with Crippen LogP contribution in [0, 0.1) is 0 Å². The highest BCUT2D eigenvalue weighted by atomic mass is 28.3. The molecule has 0 aliphatic carbocycles. The van der Waals surface area contributed by atoms with Gasteiger partial charge in [0.25, 0.3) is 0 Å². The Morgan fingerprint density at radius 3 is 1.19 bits per heavy atom. The van der Waals surface area contributed by atoms with E-state index in [0.29, 0.717) is 0 Å². The Bertz CT molecular complexity index is 4020. The van der Waals surface area contributed by atoms with Crippen molar-refractivity contribution in [3.8, 4) is 16.8 Å². The number of fused-ring (bicyclic) bond motifs is 9. The van der Waals surface area contributed by atoms with Gasteiger partial charge in [-0.25, -0.2) is 0 Å². The molecule has 11 aromatic carbocycles. The van der Waals surface area contributed by atoms with Crippen LogP contribution in [0.25, 0.3) is 76.7 Å². The molecule has 0 N–H and O–H groups in total. The van der Waals surface area contributed by atoms with Gasteiger partial charge in [-0.3, -0.25) is 0 Å². The third-order valence-corrected chi connectivity index (χ3v) is 19.6. The highest BCUT2D eigenvalue weighted by Crippen LogP contribution is 2.46. The molecule has 328 valence electrons. The first-order valence-corrected chi connectivity index (χ1v) is 26.2. The molecule has 0 aliphatic heterocycles. The van der Waals surface area contributed by atoms with Crippen LogP contribution in [0.3, 0.4) is 0 Å². The lowest BCUT2D eigenvalue weighted by molar-refractivity contribution is 1.18. The van der Waals surface area contributed by atoms with Crippen molar-refractivity contribution in [2.45, 2.75) is 0 Å². The van der Waals surface area contributed by atoms with E-state index in [0.717, 1.165) is 22.7 Å². The summed E-state index contributed by atoms with van der Waals surface area (Å²) in [5, 5.41) is 12.9. The number of hydrogen-bond acceptors (Lipinski definition) is 1. The summed E-state index contributed by atoms with van der Waals surface area (Å²) in [5.41, 5.74) is 12.9. The molecule has 0 aliphatic rings. The molecule has 0 atom stereocenters. The highest BCUT2D eigenvalue weighted by Gasteiger charge is 2.41. The van der Waals surface area contributed by atoms with Crippen LogP contribution < -0.4 is 25.6 Å². The Labute approximate surface area is 407 Å². The molecule has 3 aromatic heterocycles. The fourth-order valence-electron chi connectivity index (χ4n) is 11.7. The van der Waals surface area contributed by atoms with Crippen molar-refractivity contribution in [3.63, 3.8) is 0 Å². The topological polar surface area (TPSA) is 12.6 Å². The minimum Gasteiger partial charge on any atom is -0.310 e. The molecular formula is C66H45N3Si. The van der Waals surface area contributed by atoms with Crippen molar-refractivity contribution >= 4 is 106 Å². The largest absolute Gasteiger partial charge is 0.310 e. The van der Waals surface area contributed by atoms with Gasteiger partial charge in [-0.05, 0) is 105 Å². The summed E-state index contributed by atoms with van der Waals surface area (Å²) in [4.78, 5) is 2.46. The van der Waals surface area contributed by atoms with Crippen LogP contribution >= 0.6 is 0 Å². The summed E-state index contributed by atoms with van der Waals surface area (Å²) >= 11 is 0. The number of hydrogen-bond donors (Lipinski definition) is 0. The fraction of sp³-hybridized carbons (Fsp3) is 0. The van der Waals surface area contributed by atoms with Gasteiger partial charge in [0.15, 0.2) is 8.07 Å². The summed E-state index contributed by atoms with van der Waals surface area (Å²) in [6.45, 7) is 0. The molecule has 4 heteroatoms. The molecule has 0 amide bonds. The van der Waals surface area contributed by atoms with E-state index >= 15 is 0 Å². The first-order chi connectivity index (χ1) is 34.7. The van der Waals surface area contributed by atoms with Crippen LogP contribution in [0.15, 0.2) is 273 Å². The number of anilines is 3. The third-order valence-electron chi connectivity index (χ3n) is 14.8. The minimum absolute atomic E-state index is 1.09. The van der Waals surface area contributed by atoms with E-state index in [2.05, 4.69) is 287 Å². The lowest BCUT2D eigenvalue weighted by atomic mass is 10.0. The van der Waals surface area contributed by atoms with Gasteiger partial charge in [-0.1, -0.05) is 200 Å². The van der Waals surface area contributed by atoms with Gasteiger partial charge in [0, 0.05) is 55.1 Å². The van der Waals surface area contributed by atoms with Crippen LogP contribution in [-0.2, 0) is 0 Å². The zero-order chi connectivity index (χ0) is 46.2. The Balaban J connectivity index is 0.939. The molecule has 70 heavy (non-hydrogen) atoms. The number of para-hydroxylation sites is 4. The predicted molar refractivity (Wildman–Crippen MR) is 299 cm³/mol. The Morgan fingerprint density at radius 2 is 0.657 bits per heavy atom. The number of benzene rings is 11. The average molecular weight is 908 g/mol. The van der Waals surface area contributed by atoms with Gasteiger partial charge in [0.05, 0.1) is 27.6 Å². The van der Waals surface area contributed by atoms with E-state index in [-0.39, 0.29) is 0 Å². The van der Waals surface area contributed by atoms with E-state index in [1.165, 1.54) is 91.8 Å². The van der Waals surface area contributed by atoms with Gasteiger partial charge in [0.2, 0.25) is 0 Å². The molecule has 0 unspecified atom stereocenters.